The topological polar surface area (TPSA) is 78.1 Å². The van der Waals surface area contributed by atoms with Crippen molar-refractivity contribution in [3.05, 3.63) is 29.1 Å². The maximum atomic E-state index is 11.2. The van der Waals surface area contributed by atoms with E-state index >= 15 is 0 Å². The quantitative estimate of drug-likeness (QED) is 0.512. The van der Waals surface area contributed by atoms with Gasteiger partial charge in [0.15, 0.2) is 0 Å². The van der Waals surface area contributed by atoms with Crippen molar-refractivity contribution in [1.82, 2.24) is 20.4 Å². The molecule has 6 heteroatoms. The Morgan fingerprint density at radius 3 is 2.82 bits per heavy atom. The Balaban J connectivity index is 0.000000186. The summed E-state index contributed by atoms with van der Waals surface area (Å²) in [6.07, 6.45) is 17.1. The summed E-state index contributed by atoms with van der Waals surface area (Å²) in [5.41, 5.74) is 4.93. The van der Waals surface area contributed by atoms with Crippen LogP contribution in [-0.4, -0.2) is 46.4 Å². The Bertz CT molecular complexity index is 954. The zero-order chi connectivity index (χ0) is 23.9. The first kappa shape index (κ1) is 23.8. The minimum Gasteiger partial charge on any atom is -0.336 e. The molecule has 0 spiro atoms. The molecular formula is C28H42N4O2. The molecule has 0 saturated carbocycles. The first-order valence-electron chi connectivity index (χ1n) is 13.6. The van der Waals surface area contributed by atoms with E-state index in [9.17, 15) is 9.59 Å². The molecule has 5 unspecified atom stereocenters. The molecule has 1 amide bonds. The molecule has 3 fully saturated rings. The van der Waals surface area contributed by atoms with Gasteiger partial charge in [-0.1, -0.05) is 45.8 Å². The number of aromatic nitrogens is 2. The molecule has 5 aliphatic rings. The number of aldehydes is 1. The van der Waals surface area contributed by atoms with Crippen LogP contribution in [-0.2, 0) is 28.0 Å². The van der Waals surface area contributed by atoms with Gasteiger partial charge in [0.25, 0.3) is 0 Å². The predicted octanol–water partition coefficient (Wildman–Crippen LogP) is 4.30. The molecule has 4 heterocycles. The fraction of sp³-hybridized carbons (Fsp3) is 0.750. The van der Waals surface area contributed by atoms with Gasteiger partial charge >= 0.3 is 0 Å². The number of fused-ring (bicyclic) bond motifs is 3. The number of aromatic amines is 1. The number of carbonyl (C=O) groups is 2. The van der Waals surface area contributed by atoms with Crippen LogP contribution in [0.1, 0.15) is 89.1 Å². The fourth-order valence-corrected chi connectivity index (χ4v) is 7.29. The fourth-order valence-electron chi connectivity index (χ4n) is 7.29. The number of likely N-dealkylation sites (tertiary alicyclic amines) is 1. The van der Waals surface area contributed by atoms with E-state index in [1.807, 2.05) is 0 Å². The normalized spacial score (nSPS) is 38.2. The lowest BCUT2D eigenvalue weighted by Crippen LogP contribution is -2.54. The molecule has 1 aromatic rings. The van der Waals surface area contributed by atoms with E-state index in [2.05, 4.69) is 43.3 Å². The third-order valence-electron chi connectivity index (χ3n) is 9.85. The molecule has 2 N–H and O–H groups in total. The molecule has 6 rings (SSSR count). The Morgan fingerprint density at radius 2 is 2.03 bits per heavy atom. The highest BCUT2D eigenvalue weighted by atomic mass is 16.2. The van der Waals surface area contributed by atoms with Gasteiger partial charge in [0.2, 0.25) is 5.91 Å². The van der Waals surface area contributed by atoms with Gasteiger partial charge in [-0.05, 0) is 73.7 Å². The van der Waals surface area contributed by atoms with Crippen molar-refractivity contribution in [2.24, 2.45) is 23.2 Å². The molecule has 1 aromatic heterocycles. The zero-order valence-corrected chi connectivity index (χ0v) is 21.2. The first-order chi connectivity index (χ1) is 16.4. The Kier molecular flexibility index (Phi) is 6.47. The highest BCUT2D eigenvalue weighted by Gasteiger charge is 2.58. The number of H-pyrrole nitrogens is 1. The van der Waals surface area contributed by atoms with E-state index in [4.69, 9.17) is 5.10 Å². The van der Waals surface area contributed by atoms with Crippen molar-refractivity contribution in [2.75, 3.05) is 13.1 Å². The van der Waals surface area contributed by atoms with E-state index in [1.54, 1.807) is 10.5 Å². The molecule has 0 aromatic carbocycles. The van der Waals surface area contributed by atoms with Crippen LogP contribution in [0, 0.1) is 23.2 Å². The highest BCUT2D eigenvalue weighted by molar-refractivity contribution is 5.78. The van der Waals surface area contributed by atoms with E-state index in [0.29, 0.717) is 29.7 Å². The summed E-state index contributed by atoms with van der Waals surface area (Å²) in [5, 5.41) is 12.4. The number of piperidine rings is 1. The molecule has 3 saturated heterocycles. The smallest absolute Gasteiger partial charge is 0.222 e. The van der Waals surface area contributed by atoms with Crippen LogP contribution >= 0.6 is 0 Å². The highest BCUT2D eigenvalue weighted by Crippen LogP contribution is 2.55. The Labute approximate surface area is 204 Å². The number of hydrogen-bond acceptors (Lipinski definition) is 4. The lowest BCUT2D eigenvalue weighted by molar-refractivity contribution is -0.132. The monoisotopic (exact) mass is 466 g/mol. The van der Waals surface area contributed by atoms with Crippen molar-refractivity contribution in [3.63, 3.8) is 0 Å². The lowest BCUT2D eigenvalue weighted by atomic mass is 9.68. The summed E-state index contributed by atoms with van der Waals surface area (Å²) >= 11 is 0. The predicted molar refractivity (Wildman–Crippen MR) is 133 cm³/mol. The third-order valence-corrected chi connectivity index (χ3v) is 9.85. The summed E-state index contributed by atoms with van der Waals surface area (Å²) in [4.78, 5) is 22.9. The second-order valence-electron chi connectivity index (χ2n) is 11.9. The summed E-state index contributed by atoms with van der Waals surface area (Å²) in [5.74, 6) is 2.23. The van der Waals surface area contributed by atoms with Gasteiger partial charge < -0.3 is 15.0 Å². The molecule has 3 aliphatic heterocycles. The average molecular weight is 467 g/mol. The SMILES string of the molecule is CCC1(C)CCc2c([C@@]34CC5C=CC(CC5N3)C4C)n[nH]c2C1.O=CCN1CCCCCC1=O. The Hall–Kier alpha value is -1.95. The maximum absolute atomic E-state index is 11.2. The Morgan fingerprint density at radius 1 is 1.21 bits per heavy atom. The van der Waals surface area contributed by atoms with Gasteiger partial charge in [-0.2, -0.15) is 5.10 Å². The second-order valence-corrected chi connectivity index (χ2v) is 11.9. The van der Waals surface area contributed by atoms with E-state index < -0.39 is 0 Å². The molecule has 186 valence electrons. The van der Waals surface area contributed by atoms with Gasteiger partial charge in [0, 0.05) is 24.7 Å². The number of nitrogens with zero attached hydrogens (tertiary/aromatic N) is 2. The van der Waals surface area contributed by atoms with Gasteiger partial charge in [-0.15, -0.1) is 0 Å². The standard InChI is InChI=1S/C20H29N3.C8H13NO2/c1-4-19(3)8-7-15-17(11-19)22-23-18(15)20-10-14-6-5-13(12(20)2)9-16(14)21-20;10-7-6-9-5-3-1-2-4-8(9)11/h5-6,12-14,16,21H,4,7-11H2,1-3H3,(H,22,23);7H,1-6H2/t12?,13?,14?,16?,19?,20-;/m0./s1. The van der Waals surface area contributed by atoms with Crippen LogP contribution in [0.15, 0.2) is 12.2 Å². The first-order valence-corrected chi connectivity index (χ1v) is 13.6. The average Bonchev–Trinajstić information content (AvgIpc) is 3.30. The molecular weight excluding hydrogens is 424 g/mol. The summed E-state index contributed by atoms with van der Waals surface area (Å²) in [6.45, 7) is 8.25. The van der Waals surface area contributed by atoms with Crippen molar-refractivity contribution in [3.8, 4) is 0 Å². The van der Waals surface area contributed by atoms with Crippen LogP contribution in [0.25, 0.3) is 0 Å². The van der Waals surface area contributed by atoms with Gasteiger partial charge in [0.1, 0.15) is 6.29 Å². The molecule has 34 heavy (non-hydrogen) atoms. The van der Waals surface area contributed by atoms with E-state index in [-0.39, 0.29) is 18.0 Å². The van der Waals surface area contributed by atoms with Crippen molar-refractivity contribution >= 4 is 12.2 Å². The van der Waals surface area contributed by atoms with Crippen LogP contribution in [0.4, 0.5) is 0 Å². The largest absolute Gasteiger partial charge is 0.336 e. The summed E-state index contributed by atoms with van der Waals surface area (Å²) in [6, 6.07) is 0.679. The minimum absolute atomic E-state index is 0.117. The third kappa shape index (κ3) is 4.06. The second kappa shape index (κ2) is 9.25. The van der Waals surface area contributed by atoms with Crippen molar-refractivity contribution in [1.29, 1.82) is 0 Å². The van der Waals surface area contributed by atoms with Crippen molar-refractivity contribution < 1.29 is 9.59 Å². The van der Waals surface area contributed by atoms with Crippen LogP contribution < -0.4 is 5.32 Å². The van der Waals surface area contributed by atoms with E-state index in [0.717, 1.165) is 38.0 Å². The number of amides is 1. The van der Waals surface area contributed by atoms with Crippen LogP contribution in [0.2, 0.25) is 0 Å². The lowest BCUT2D eigenvalue weighted by Gasteiger charge is -2.45. The van der Waals surface area contributed by atoms with Crippen LogP contribution in [0.3, 0.4) is 0 Å². The number of nitrogens with one attached hydrogen (secondary N) is 2. The van der Waals surface area contributed by atoms with Gasteiger partial charge in [-0.3, -0.25) is 9.89 Å². The summed E-state index contributed by atoms with van der Waals surface area (Å²) < 4.78 is 0. The number of carbonyl (C=O) groups excluding carboxylic acids is 2. The molecule has 6 atom stereocenters. The molecule has 2 aliphatic carbocycles. The van der Waals surface area contributed by atoms with Crippen molar-refractivity contribution in [2.45, 2.75) is 96.6 Å². The zero-order valence-electron chi connectivity index (χ0n) is 21.2. The number of rotatable bonds is 4. The minimum atomic E-state index is 0.117. The molecule has 3 bridgehead atoms. The van der Waals surface area contributed by atoms with Gasteiger partial charge in [-0.25, -0.2) is 0 Å². The van der Waals surface area contributed by atoms with E-state index in [1.165, 1.54) is 49.9 Å². The molecule has 0 radical (unpaired) electrons. The summed E-state index contributed by atoms with van der Waals surface area (Å²) in [7, 11) is 0. The van der Waals surface area contributed by atoms with Gasteiger partial charge in [0.05, 0.1) is 17.8 Å². The number of allylic oxidation sites excluding steroid dienone is 1. The maximum Gasteiger partial charge on any atom is 0.222 e. The molecule has 6 nitrogen and oxygen atoms in total. The number of hydrogen-bond donors (Lipinski definition) is 2. The van der Waals surface area contributed by atoms with Crippen LogP contribution in [0.5, 0.6) is 0 Å².